The zero-order chi connectivity index (χ0) is 15.4. The van der Waals surface area contributed by atoms with Gasteiger partial charge in [-0.15, -0.1) is 0 Å². The number of anilines is 1. The van der Waals surface area contributed by atoms with Gasteiger partial charge in [0, 0.05) is 11.8 Å². The van der Waals surface area contributed by atoms with Gasteiger partial charge in [-0.2, -0.15) is 0 Å². The molecule has 0 aliphatic rings. The second-order valence-electron chi connectivity index (χ2n) is 4.58. The highest BCUT2D eigenvalue weighted by Crippen LogP contribution is 2.29. The molecule has 1 aromatic heterocycles. The first-order chi connectivity index (χ1) is 10.1. The van der Waals surface area contributed by atoms with Gasteiger partial charge in [0.15, 0.2) is 0 Å². The average molecular weight is 292 g/mol. The molecule has 6 heteroatoms. The second kappa shape index (κ2) is 6.39. The molecule has 1 aromatic carbocycles. The van der Waals surface area contributed by atoms with Gasteiger partial charge in [0.05, 0.1) is 17.8 Å². The van der Waals surface area contributed by atoms with Gasteiger partial charge >= 0.3 is 5.97 Å². The fourth-order valence-corrected chi connectivity index (χ4v) is 2.08. The molecule has 5 nitrogen and oxygen atoms in total. The number of benzene rings is 1. The van der Waals surface area contributed by atoms with E-state index in [0.717, 1.165) is 0 Å². The summed E-state index contributed by atoms with van der Waals surface area (Å²) >= 11 is 0. The summed E-state index contributed by atoms with van der Waals surface area (Å²) in [6.07, 6.45) is 1.04. The van der Waals surface area contributed by atoms with E-state index in [4.69, 9.17) is 4.74 Å². The van der Waals surface area contributed by atoms with Gasteiger partial charge in [-0.1, -0.05) is 6.92 Å². The van der Waals surface area contributed by atoms with Crippen molar-refractivity contribution in [3.05, 3.63) is 29.7 Å². The van der Waals surface area contributed by atoms with Crippen LogP contribution in [0.1, 0.15) is 37.2 Å². The summed E-state index contributed by atoms with van der Waals surface area (Å²) in [6, 6.07) is 4.07. The highest BCUT2D eigenvalue weighted by atomic mass is 19.1. The van der Waals surface area contributed by atoms with Crippen LogP contribution in [0.2, 0.25) is 0 Å². The molecule has 112 valence electrons. The first-order valence-electron chi connectivity index (χ1n) is 6.85. The Kier molecular flexibility index (Phi) is 4.57. The summed E-state index contributed by atoms with van der Waals surface area (Å²) in [5, 5.41) is 3.27. The zero-order valence-corrected chi connectivity index (χ0v) is 12.0. The lowest BCUT2D eigenvalue weighted by atomic mass is 10.2. The molecule has 0 saturated heterocycles. The minimum Gasteiger partial charge on any atom is -0.461 e. The van der Waals surface area contributed by atoms with Crippen molar-refractivity contribution in [3.8, 4) is 0 Å². The molecule has 0 aliphatic heterocycles. The Balaban J connectivity index is 2.49. The van der Waals surface area contributed by atoms with E-state index in [0.29, 0.717) is 29.4 Å². The van der Waals surface area contributed by atoms with Crippen LogP contribution in [-0.4, -0.2) is 23.5 Å². The first kappa shape index (κ1) is 15.0. The minimum absolute atomic E-state index is 0.127. The van der Waals surface area contributed by atoms with Crippen LogP contribution in [0, 0.1) is 5.82 Å². The predicted octanol–water partition coefficient (Wildman–Crippen LogP) is 3.22. The number of amides is 1. The Hall–Kier alpha value is -2.37. The molecule has 0 unspecified atom stereocenters. The highest BCUT2D eigenvalue weighted by Gasteiger charge is 2.20. The maximum absolute atomic E-state index is 13.3. The lowest BCUT2D eigenvalue weighted by molar-refractivity contribution is -0.116. The van der Waals surface area contributed by atoms with Gasteiger partial charge in [0.2, 0.25) is 5.91 Å². The number of nitrogens with one attached hydrogen (secondary N) is 2. The molecule has 1 heterocycles. The Morgan fingerprint density at radius 3 is 2.76 bits per heavy atom. The van der Waals surface area contributed by atoms with E-state index < -0.39 is 11.8 Å². The number of halogens is 1. The van der Waals surface area contributed by atoms with E-state index in [1.54, 1.807) is 6.92 Å². The molecular weight excluding hydrogens is 275 g/mol. The number of aromatic nitrogens is 1. The summed E-state index contributed by atoms with van der Waals surface area (Å²) in [7, 11) is 0. The molecule has 0 bridgehead atoms. The maximum atomic E-state index is 13.3. The van der Waals surface area contributed by atoms with Crippen molar-refractivity contribution in [2.45, 2.75) is 26.7 Å². The summed E-state index contributed by atoms with van der Waals surface area (Å²) in [6.45, 7) is 3.79. The van der Waals surface area contributed by atoms with Gasteiger partial charge in [0.1, 0.15) is 11.5 Å². The standard InChI is InChI=1S/C15H17FN2O3/c1-3-5-12(19)18-13-10-7-6-9(16)8-11(10)17-14(13)15(20)21-4-2/h6-8,17H,3-5H2,1-2H3,(H,18,19). The third-order valence-corrected chi connectivity index (χ3v) is 2.98. The summed E-state index contributed by atoms with van der Waals surface area (Å²) in [5.74, 6) is -1.21. The number of carbonyl (C=O) groups excluding carboxylic acids is 2. The SMILES string of the molecule is CCCC(=O)Nc1c(C(=O)OCC)[nH]c2cc(F)ccc12. The van der Waals surface area contributed by atoms with Crippen molar-refractivity contribution in [3.63, 3.8) is 0 Å². The van der Waals surface area contributed by atoms with Crippen LogP contribution in [0.3, 0.4) is 0 Å². The molecule has 2 N–H and O–H groups in total. The molecular formula is C15H17FN2O3. The zero-order valence-electron chi connectivity index (χ0n) is 12.0. The molecule has 0 spiro atoms. The number of H-pyrrole nitrogens is 1. The quantitative estimate of drug-likeness (QED) is 0.831. The molecule has 0 saturated carbocycles. The number of fused-ring (bicyclic) bond motifs is 1. The lowest BCUT2D eigenvalue weighted by Gasteiger charge is -2.06. The van der Waals surface area contributed by atoms with Gasteiger partial charge in [0.25, 0.3) is 0 Å². The van der Waals surface area contributed by atoms with Crippen molar-refractivity contribution in [1.82, 2.24) is 4.98 Å². The Labute approximate surface area is 121 Å². The molecule has 1 amide bonds. The second-order valence-corrected chi connectivity index (χ2v) is 4.58. The van der Waals surface area contributed by atoms with Crippen molar-refractivity contribution < 1.29 is 18.7 Å². The average Bonchev–Trinajstić information content (AvgIpc) is 2.77. The number of esters is 1. The van der Waals surface area contributed by atoms with E-state index in [-0.39, 0.29) is 18.2 Å². The molecule has 0 radical (unpaired) electrons. The van der Waals surface area contributed by atoms with Crippen LogP contribution < -0.4 is 5.32 Å². The predicted molar refractivity (Wildman–Crippen MR) is 77.8 cm³/mol. The number of hydrogen-bond donors (Lipinski definition) is 2. The molecule has 2 rings (SSSR count). The minimum atomic E-state index is -0.582. The van der Waals surface area contributed by atoms with Crippen LogP contribution in [0.4, 0.5) is 10.1 Å². The van der Waals surface area contributed by atoms with Gasteiger partial charge in [-0.25, -0.2) is 9.18 Å². The van der Waals surface area contributed by atoms with E-state index in [1.807, 2.05) is 6.92 Å². The number of hydrogen-bond acceptors (Lipinski definition) is 3. The number of rotatable bonds is 5. The number of ether oxygens (including phenoxy) is 1. The number of carbonyl (C=O) groups is 2. The molecule has 0 atom stereocenters. The molecule has 0 fully saturated rings. The topological polar surface area (TPSA) is 71.2 Å². The van der Waals surface area contributed by atoms with Crippen molar-refractivity contribution in [1.29, 1.82) is 0 Å². The van der Waals surface area contributed by atoms with E-state index >= 15 is 0 Å². The van der Waals surface area contributed by atoms with E-state index in [2.05, 4.69) is 10.3 Å². The molecule has 2 aromatic rings. The fraction of sp³-hybridized carbons (Fsp3) is 0.333. The van der Waals surface area contributed by atoms with Gasteiger partial charge in [-0.3, -0.25) is 4.79 Å². The third kappa shape index (κ3) is 3.21. The third-order valence-electron chi connectivity index (χ3n) is 2.98. The van der Waals surface area contributed by atoms with Crippen molar-refractivity contribution in [2.24, 2.45) is 0 Å². The normalized spacial score (nSPS) is 10.6. The summed E-state index contributed by atoms with van der Waals surface area (Å²) in [4.78, 5) is 26.6. The van der Waals surface area contributed by atoms with E-state index in [9.17, 15) is 14.0 Å². The smallest absolute Gasteiger partial charge is 0.356 e. The highest BCUT2D eigenvalue weighted by molar-refractivity contribution is 6.10. The van der Waals surface area contributed by atoms with Gasteiger partial charge in [-0.05, 0) is 31.5 Å². The van der Waals surface area contributed by atoms with Crippen LogP contribution in [0.25, 0.3) is 10.9 Å². The summed E-state index contributed by atoms with van der Waals surface area (Å²) in [5.41, 5.74) is 0.897. The number of aromatic amines is 1. The lowest BCUT2D eigenvalue weighted by Crippen LogP contribution is -2.14. The molecule has 0 aliphatic carbocycles. The monoisotopic (exact) mass is 292 g/mol. The fourth-order valence-electron chi connectivity index (χ4n) is 2.08. The first-order valence-corrected chi connectivity index (χ1v) is 6.85. The van der Waals surface area contributed by atoms with Crippen LogP contribution in [-0.2, 0) is 9.53 Å². The van der Waals surface area contributed by atoms with E-state index in [1.165, 1.54) is 18.2 Å². The molecule has 21 heavy (non-hydrogen) atoms. The van der Waals surface area contributed by atoms with Gasteiger partial charge < -0.3 is 15.0 Å². The Morgan fingerprint density at radius 2 is 2.10 bits per heavy atom. The van der Waals surface area contributed by atoms with Crippen LogP contribution in [0.5, 0.6) is 0 Å². The summed E-state index contributed by atoms with van der Waals surface area (Å²) < 4.78 is 18.2. The van der Waals surface area contributed by atoms with Crippen LogP contribution >= 0.6 is 0 Å². The van der Waals surface area contributed by atoms with Crippen molar-refractivity contribution >= 4 is 28.5 Å². The largest absolute Gasteiger partial charge is 0.461 e. The Morgan fingerprint density at radius 1 is 1.33 bits per heavy atom. The van der Waals surface area contributed by atoms with Crippen LogP contribution in [0.15, 0.2) is 18.2 Å². The van der Waals surface area contributed by atoms with Crippen molar-refractivity contribution in [2.75, 3.05) is 11.9 Å². The Bertz CT molecular complexity index is 679. The maximum Gasteiger partial charge on any atom is 0.356 e.